The van der Waals surface area contributed by atoms with Crippen molar-refractivity contribution in [2.75, 3.05) is 19.8 Å². The maximum absolute atomic E-state index is 12.4. The molecule has 0 saturated carbocycles. The Morgan fingerprint density at radius 2 is 2.00 bits per heavy atom. The maximum atomic E-state index is 12.4. The van der Waals surface area contributed by atoms with Gasteiger partial charge in [0.05, 0.1) is 30.3 Å². The van der Waals surface area contributed by atoms with Gasteiger partial charge in [-0.3, -0.25) is 0 Å². The molecule has 2 rings (SSSR count). The molecule has 9 heteroatoms. The summed E-state index contributed by atoms with van der Waals surface area (Å²) in [5, 5.41) is 9.02. The van der Waals surface area contributed by atoms with Crippen LogP contribution in [-0.2, 0) is 19.5 Å². The van der Waals surface area contributed by atoms with Crippen molar-refractivity contribution in [3.05, 3.63) is 28.3 Å². The zero-order valence-corrected chi connectivity index (χ0v) is 13.6. The van der Waals surface area contributed by atoms with Crippen LogP contribution in [0.15, 0.2) is 17.0 Å². The number of carboxylic acids is 1. The second kappa shape index (κ2) is 6.13. The average molecular weight is 350 g/mol. The van der Waals surface area contributed by atoms with Crippen LogP contribution < -0.4 is 4.72 Å². The molecule has 1 aromatic rings. The van der Waals surface area contributed by atoms with Crippen LogP contribution in [-0.4, -0.2) is 45.0 Å². The first kappa shape index (κ1) is 17.2. The van der Waals surface area contributed by atoms with Crippen molar-refractivity contribution < 1.29 is 27.8 Å². The second-order valence-electron chi connectivity index (χ2n) is 5.07. The molecule has 0 amide bonds. The smallest absolute Gasteiger partial charge is 0.335 e. The first-order valence-corrected chi connectivity index (χ1v) is 8.32. The lowest BCUT2D eigenvalue weighted by Crippen LogP contribution is -2.41. The molecule has 0 radical (unpaired) electrons. The van der Waals surface area contributed by atoms with E-state index in [9.17, 15) is 13.2 Å². The first-order valence-electron chi connectivity index (χ1n) is 6.46. The Morgan fingerprint density at radius 3 is 2.55 bits per heavy atom. The number of hydrogen-bond donors (Lipinski definition) is 2. The minimum Gasteiger partial charge on any atom is -0.478 e. The van der Waals surface area contributed by atoms with Gasteiger partial charge in [-0.15, -0.1) is 0 Å². The monoisotopic (exact) mass is 349 g/mol. The fourth-order valence-electron chi connectivity index (χ4n) is 2.02. The number of aryl methyl sites for hydroxylation is 1. The highest BCUT2D eigenvalue weighted by atomic mass is 35.5. The van der Waals surface area contributed by atoms with Crippen molar-refractivity contribution in [2.45, 2.75) is 24.5 Å². The van der Waals surface area contributed by atoms with Gasteiger partial charge in [0.1, 0.15) is 4.90 Å². The lowest BCUT2D eigenvalue weighted by atomic mass is 10.1. The number of rotatable bonds is 5. The fourth-order valence-corrected chi connectivity index (χ4v) is 3.72. The number of halogens is 1. The zero-order valence-electron chi connectivity index (χ0n) is 12.1. The lowest BCUT2D eigenvalue weighted by Gasteiger charge is -2.22. The van der Waals surface area contributed by atoms with Crippen molar-refractivity contribution in [3.63, 3.8) is 0 Å². The number of hydrogen-bond acceptors (Lipinski definition) is 5. The van der Waals surface area contributed by atoms with Crippen LogP contribution in [0.25, 0.3) is 0 Å². The Kier molecular flexibility index (Phi) is 4.78. The molecule has 0 aromatic heterocycles. The van der Waals surface area contributed by atoms with Crippen LogP contribution in [0.2, 0.25) is 5.02 Å². The molecule has 0 atom stereocenters. The number of ether oxygens (including phenoxy) is 2. The molecule has 22 heavy (non-hydrogen) atoms. The van der Waals surface area contributed by atoms with Crippen molar-refractivity contribution >= 4 is 27.6 Å². The average Bonchev–Trinajstić information content (AvgIpc) is 2.87. The molecule has 7 nitrogen and oxygen atoms in total. The molecule has 0 aliphatic carbocycles. The molecule has 0 unspecified atom stereocenters. The van der Waals surface area contributed by atoms with Crippen LogP contribution >= 0.6 is 11.6 Å². The number of aromatic carboxylic acids is 1. The summed E-state index contributed by atoms with van der Waals surface area (Å²) in [7, 11) is -4.00. The number of carbonyl (C=O) groups is 1. The fraction of sp³-hybridized carbons (Fsp3) is 0.462. The third-order valence-electron chi connectivity index (χ3n) is 3.24. The molecular weight excluding hydrogens is 334 g/mol. The Balaban J connectivity index is 2.30. The normalized spacial score (nSPS) is 17.6. The van der Waals surface area contributed by atoms with E-state index in [1.807, 2.05) is 0 Å². The molecule has 1 fully saturated rings. The van der Waals surface area contributed by atoms with E-state index in [1.165, 1.54) is 13.0 Å². The van der Waals surface area contributed by atoms with Crippen molar-refractivity contribution in [3.8, 4) is 0 Å². The van der Waals surface area contributed by atoms with Crippen LogP contribution in [0.5, 0.6) is 0 Å². The molecule has 1 aromatic carbocycles. The topological polar surface area (TPSA) is 102 Å². The van der Waals surface area contributed by atoms with Gasteiger partial charge < -0.3 is 14.6 Å². The molecular formula is C13H16ClNO6S. The minimum atomic E-state index is -4.00. The lowest BCUT2D eigenvalue weighted by molar-refractivity contribution is -0.135. The number of benzene rings is 1. The van der Waals surface area contributed by atoms with Crippen LogP contribution in [0, 0.1) is 6.92 Å². The van der Waals surface area contributed by atoms with Crippen LogP contribution in [0.1, 0.15) is 22.8 Å². The summed E-state index contributed by atoms with van der Waals surface area (Å²) >= 11 is 6.01. The molecule has 2 N–H and O–H groups in total. The molecule has 1 saturated heterocycles. The molecule has 122 valence electrons. The van der Waals surface area contributed by atoms with E-state index in [4.69, 9.17) is 26.2 Å². The summed E-state index contributed by atoms with van der Waals surface area (Å²) in [4.78, 5) is 10.8. The van der Waals surface area contributed by atoms with Crippen LogP contribution in [0.4, 0.5) is 0 Å². The van der Waals surface area contributed by atoms with Crippen LogP contribution in [0.3, 0.4) is 0 Å². The minimum absolute atomic E-state index is 0.0177. The Bertz CT molecular complexity index is 697. The van der Waals surface area contributed by atoms with Gasteiger partial charge >= 0.3 is 5.97 Å². The van der Waals surface area contributed by atoms with E-state index < -0.39 is 21.8 Å². The highest BCUT2D eigenvalue weighted by molar-refractivity contribution is 7.89. The van der Waals surface area contributed by atoms with Crippen molar-refractivity contribution in [1.29, 1.82) is 0 Å². The zero-order chi connectivity index (χ0) is 16.5. The van der Waals surface area contributed by atoms with E-state index in [2.05, 4.69) is 4.72 Å². The largest absolute Gasteiger partial charge is 0.478 e. The molecule has 1 heterocycles. The van der Waals surface area contributed by atoms with Gasteiger partial charge in [-0.25, -0.2) is 17.9 Å². The van der Waals surface area contributed by atoms with Gasteiger partial charge in [-0.2, -0.15) is 0 Å². The SMILES string of the molecule is Cc1cc(C(=O)O)cc(S(=O)(=O)NCC2(C)OCCO2)c1Cl. The molecule has 1 aliphatic rings. The Labute approximate surface area is 133 Å². The highest BCUT2D eigenvalue weighted by Gasteiger charge is 2.33. The van der Waals surface area contributed by atoms with Gasteiger partial charge in [0.25, 0.3) is 0 Å². The summed E-state index contributed by atoms with van der Waals surface area (Å²) < 4.78 is 37.7. The number of sulfonamides is 1. The standard InChI is InChI=1S/C13H16ClNO6S/c1-8-5-9(12(16)17)6-10(11(8)14)22(18,19)15-7-13(2)20-3-4-21-13/h5-6,15H,3-4,7H2,1-2H3,(H,16,17). The number of carboxylic acid groups (broad SMARTS) is 1. The second-order valence-corrected chi connectivity index (χ2v) is 7.18. The van der Waals surface area contributed by atoms with E-state index in [0.29, 0.717) is 18.8 Å². The van der Waals surface area contributed by atoms with E-state index in [-0.39, 0.29) is 22.0 Å². The summed E-state index contributed by atoms with van der Waals surface area (Å²) in [5.41, 5.74) is 0.211. The first-order chi connectivity index (χ1) is 10.1. The molecule has 0 spiro atoms. The summed E-state index contributed by atoms with van der Waals surface area (Å²) in [6.45, 7) is 3.81. The van der Waals surface area contributed by atoms with Gasteiger partial charge in [-0.1, -0.05) is 11.6 Å². The van der Waals surface area contributed by atoms with E-state index >= 15 is 0 Å². The third kappa shape index (κ3) is 3.58. The maximum Gasteiger partial charge on any atom is 0.335 e. The molecule has 1 aliphatic heterocycles. The predicted molar refractivity (Wildman–Crippen MR) is 78.6 cm³/mol. The summed E-state index contributed by atoms with van der Waals surface area (Å²) in [6.07, 6.45) is 0. The van der Waals surface area contributed by atoms with Crippen molar-refractivity contribution in [1.82, 2.24) is 4.72 Å². The summed E-state index contributed by atoms with van der Waals surface area (Å²) in [5.74, 6) is -2.27. The predicted octanol–water partition coefficient (Wildman–Crippen LogP) is 1.39. The third-order valence-corrected chi connectivity index (χ3v) is 5.28. The Hall–Kier alpha value is -1.19. The highest BCUT2D eigenvalue weighted by Crippen LogP contribution is 2.27. The molecule has 0 bridgehead atoms. The van der Waals surface area contributed by atoms with Gasteiger partial charge in [-0.05, 0) is 31.5 Å². The van der Waals surface area contributed by atoms with Gasteiger partial charge in [0.2, 0.25) is 10.0 Å². The van der Waals surface area contributed by atoms with E-state index in [1.54, 1.807) is 6.92 Å². The quantitative estimate of drug-likeness (QED) is 0.832. The van der Waals surface area contributed by atoms with Crippen molar-refractivity contribution in [2.24, 2.45) is 0 Å². The van der Waals surface area contributed by atoms with Gasteiger partial charge in [0, 0.05) is 0 Å². The van der Waals surface area contributed by atoms with E-state index in [0.717, 1.165) is 6.07 Å². The van der Waals surface area contributed by atoms with Gasteiger partial charge in [0.15, 0.2) is 5.79 Å². The summed E-state index contributed by atoms with van der Waals surface area (Å²) in [6, 6.07) is 2.34. The Morgan fingerprint density at radius 1 is 1.41 bits per heavy atom. The number of nitrogens with one attached hydrogen (secondary N) is 1.